The zero-order chi connectivity index (χ0) is 7.84. The SMILES string of the molecule is Cc1cc(F)cc([C@@H]2CO2)c1. The number of ether oxygens (including phenoxy) is 1. The van der Waals surface area contributed by atoms with Gasteiger partial charge in [-0.15, -0.1) is 0 Å². The van der Waals surface area contributed by atoms with Gasteiger partial charge in [0.05, 0.1) is 6.61 Å². The quantitative estimate of drug-likeness (QED) is 0.562. The Balaban J connectivity index is 2.39. The molecule has 1 atom stereocenters. The Labute approximate surface area is 64.8 Å². The molecule has 1 saturated heterocycles. The summed E-state index contributed by atoms with van der Waals surface area (Å²) < 4.78 is 17.8. The molecule has 58 valence electrons. The standard InChI is InChI=1S/C9H9FO/c1-6-2-7(9-5-11-9)4-8(10)3-6/h2-4,9H,5H2,1H3/t9-/m0/s1. The van der Waals surface area contributed by atoms with Crippen LogP contribution >= 0.6 is 0 Å². The molecule has 1 aliphatic heterocycles. The summed E-state index contributed by atoms with van der Waals surface area (Å²) in [5.74, 6) is -0.171. The van der Waals surface area contributed by atoms with E-state index in [1.165, 1.54) is 12.1 Å². The van der Waals surface area contributed by atoms with E-state index in [9.17, 15) is 4.39 Å². The van der Waals surface area contributed by atoms with Crippen LogP contribution in [0.15, 0.2) is 18.2 Å². The van der Waals surface area contributed by atoms with Gasteiger partial charge in [0.2, 0.25) is 0 Å². The lowest BCUT2D eigenvalue weighted by atomic mass is 10.1. The predicted molar refractivity (Wildman–Crippen MR) is 39.8 cm³/mol. The molecule has 11 heavy (non-hydrogen) atoms. The third kappa shape index (κ3) is 1.40. The Kier molecular flexibility index (Phi) is 1.43. The van der Waals surface area contributed by atoms with Gasteiger partial charge in [0.15, 0.2) is 0 Å². The fraction of sp³-hybridized carbons (Fsp3) is 0.333. The lowest BCUT2D eigenvalue weighted by Crippen LogP contribution is -1.85. The van der Waals surface area contributed by atoms with Crippen LogP contribution in [0.5, 0.6) is 0 Å². The van der Waals surface area contributed by atoms with Crippen LogP contribution in [-0.2, 0) is 4.74 Å². The highest BCUT2D eigenvalue weighted by molar-refractivity contribution is 5.27. The van der Waals surface area contributed by atoms with Crippen molar-refractivity contribution in [3.8, 4) is 0 Å². The zero-order valence-corrected chi connectivity index (χ0v) is 6.30. The van der Waals surface area contributed by atoms with E-state index in [-0.39, 0.29) is 11.9 Å². The molecular formula is C9H9FO. The van der Waals surface area contributed by atoms with Gasteiger partial charge >= 0.3 is 0 Å². The molecule has 1 heterocycles. The highest BCUT2D eigenvalue weighted by Crippen LogP contribution is 2.30. The average Bonchev–Trinajstić information content (AvgIpc) is 2.64. The van der Waals surface area contributed by atoms with E-state index in [2.05, 4.69) is 0 Å². The molecule has 2 rings (SSSR count). The zero-order valence-electron chi connectivity index (χ0n) is 6.30. The Morgan fingerprint density at radius 2 is 2.18 bits per heavy atom. The lowest BCUT2D eigenvalue weighted by molar-refractivity contribution is 0.414. The van der Waals surface area contributed by atoms with Crippen molar-refractivity contribution in [1.29, 1.82) is 0 Å². The predicted octanol–water partition coefficient (Wildman–Crippen LogP) is 2.21. The van der Waals surface area contributed by atoms with Crippen LogP contribution < -0.4 is 0 Å². The molecule has 0 bridgehead atoms. The molecule has 1 fully saturated rings. The van der Waals surface area contributed by atoms with Crippen LogP contribution in [-0.4, -0.2) is 6.61 Å². The number of aryl methyl sites for hydroxylation is 1. The lowest BCUT2D eigenvalue weighted by Gasteiger charge is -1.97. The summed E-state index contributed by atoms with van der Waals surface area (Å²) in [6, 6.07) is 5.01. The minimum Gasteiger partial charge on any atom is -0.368 e. The molecule has 0 saturated carbocycles. The maximum atomic E-state index is 12.8. The van der Waals surface area contributed by atoms with Gasteiger partial charge in [0.25, 0.3) is 0 Å². The van der Waals surface area contributed by atoms with Crippen LogP contribution in [0.25, 0.3) is 0 Å². The van der Waals surface area contributed by atoms with Crippen molar-refractivity contribution in [3.63, 3.8) is 0 Å². The second kappa shape index (κ2) is 2.31. The number of hydrogen-bond donors (Lipinski definition) is 0. The molecule has 1 aromatic carbocycles. The third-order valence-electron chi connectivity index (χ3n) is 1.77. The van der Waals surface area contributed by atoms with E-state index >= 15 is 0 Å². The van der Waals surface area contributed by atoms with E-state index < -0.39 is 0 Å². The van der Waals surface area contributed by atoms with Gasteiger partial charge in [0, 0.05) is 0 Å². The van der Waals surface area contributed by atoms with Crippen molar-refractivity contribution in [2.75, 3.05) is 6.61 Å². The Hall–Kier alpha value is -0.890. The topological polar surface area (TPSA) is 12.5 Å². The first kappa shape index (κ1) is 6.80. The Morgan fingerprint density at radius 3 is 2.73 bits per heavy atom. The molecule has 0 N–H and O–H groups in total. The van der Waals surface area contributed by atoms with Gasteiger partial charge in [-0.25, -0.2) is 4.39 Å². The van der Waals surface area contributed by atoms with E-state index in [1.54, 1.807) is 0 Å². The number of halogens is 1. The normalized spacial score (nSPS) is 21.8. The molecule has 1 nitrogen and oxygen atoms in total. The Bertz CT molecular complexity index is 259. The molecule has 0 spiro atoms. The monoisotopic (exact) mass is 152 g/mol. The summed E-state index contributed by atoms with van der Waals surface area (Å²) in [5.41, 5.74) is 1.91. The van der Waals surface area contributed by atoms with Gasteiger partial charge in [0.1, 0.15) is 11.9 Å². The molecule has 0 aromatic heterocycles. The number of rotatable bonds is 1. The van der Waals surface area contributed by atoms with Crippen LogP contribution in [0, 0.1) is 12.7 Å². The van der Waals surface area contributed by atoms with Gasteiger partial charge in [-0.05, 0) is 30.2 Å². The second-order valence-corrected chi connectivity index (χ2v) is 2.88. The summed E-state index contributed by atoms with van der Waals surface area (Å²) in [4.78, 5) is 0. The molecule has 0 unspecified atom stereocenters. The number of benzene rings is 1. The van der Waals surface area contributed by atoms with Crippen molar-refractivity contribution < 1.29 is 9.13 Å². The van der Waals surface area contributed by atoms with E-state index in [1.807, 2.05) is 13.0 Å². The fourth-order valence-electron chi connectivity index (χ4n) is 1.19. The summed E-state index contributed by atoms with van der Waals surface area (Å²) in [7, 11) is 0. The molecule has 2 heteroatoms. The average molecular weight is 152 g/mol. The summed E-state index contributed by atoms with van der Waals surface area (Å²) in [5, 5.41) is 0. The van der Waals surface area contributed by atoms with Crippen LogP contribution in [0.1, 0.15) is 17.2 Å². The molecular weight excluding hydrogens is 143 g/mol. The van der Waals surface area contributed by atoms with Gasteiger partial charge in [-0.3, -0.25) is 0 Å². The molecule has 0 radical (unpaired) electrons. The smallest absolute Gasteiger partial charge is 0.123 e. The maximum absolute atomic E-state index is 12.8. The highest BCUT2D eigenvalue weighted by atomic mass is 19.1. The van der Waals surface area contributed by atoms with Crippen LogP contribution in [0.2, 0.25) is 0 Å². The van der Waals surface area contributed by atoms with Crippen molar-refractivity contribution in [2.45, 2.75) is 13.0 Å². The van der Waals surface area contributed by atoms with Gasteiger partial charge < -0.3 is 4.74 Å². The minimum atomic E-state index is -0.171. The summed E-state index contributed by atoms with van der Waals surface area (Å²) in [6.45, 7) is 2.62. The van der Waals surface area contributed by atoms with Crippen molar-refractivity contribution >= 4 is 0 Å². The molecule has 0 amide bonds. The third-order valence-corrected chi connectivity index (χ3v) is 1.77. The summed E-state index contributed by atoms with van der Waals surface area (Å²) in [6.07, 6.45) is 0.157. The van der Waals surface area contributed by atoms with E-state index in [4.69, 9.17) is 4.74 Å². The van der Waals surface area contributed by atoms with Crippen molar-refractivity contribution in [3.05, 3.63) is 35.1 Å². The first-order valence-corrected chi connectivity index (χ1v) is 3.64. The van der Waals surface area contributed by atoms with Gasteiger partial charge in [-0.1, -0.05) is 6.07 Å². The Morgan fingerprint density at radius 1 is 1.45 bits per heavy atom. The first-order chi connectivity index (χ1) is 5.25. The minimum absolute atomic E-state index is 0.157. The van der Waals surface area contributed by atoms with Gasteiger partial charge in [-0.2, -0.15) is 0 Å². The van der Waals surface area contributed by atoms with Crippen molar-refractivity contribution in [2.24, 2.45) is 0 Å². The number of epoxide rings is 1. The van der Waals surface area contributed by atoms with E-state index in [0.29, 0.717) is 0 Å². The maximum Gasteiger partial charge on any atom is 0.123 e. The largest absolute Gasteiger partial charge is 0.368 e. The van der Waals surface area contributed by atoms with Crippen LogP contribution in [0.4, 0.5) is 4.39 Å². The number of hydrogen-bond acceptors (Lipinski definition) is 1. The molecule has 0 aliphatic carbocycles. The van der Waals surface area contributed by atoms with Crippen LogP contribution in [0.3, 0.4) is 0 Å². The molecule has 1 aliphatic rings. The fourth-order valence-corrected chi connectivity index (χ4v) is 1.19. The summed E-state index contributed by atoms with van der Waals surface area (Å²) >= 11 is 0. The highest BCUT2D eigenvalue weighted by Gasteiger charge is 2.25. The first-order valence-electron chi connectivity index (χ1n) is 3.64. The van der Waals surface area contributed by atoms with Crippen molar-refractivity contribution in [1.82, 2.24) is 0 Å². The molecule has 1 aromatic rings. The second-order valence-electron chi connectivity index (χ2n) is 2.88. The van der Waals surface area contributed by atoms with E-state index in [0.717, 1.165) is 17.7 Å².